The van der Waals surface area contributed by atoms with Gasteiger partial charge in [0.1, 0.15) is 108 Å². The minimum atomic E-state index is -0.649. The van der Waals surface area contributed by atoms with Crippen molar-refractivity contribution in [1.29, 1.82) is 0 Å². The third kappa shape index (κ3) is 15.4. The first-order valence-corrected chi connectivity index (χ1v) is 41.0. The molecular weight excluding hydrogens is 1550 g/mol. The highest BCUT2D eigenvalue weighted by atomic mass is 19.2. The van der Waals surface area contributed by atoms with Crippen LogP contribution in [0.15, 0.2) is 291 Å². The summed E-state index contributed by atoms with van der Waals surface area (Å²) in [6.45, 7) is 20.9. The number of halogens is 7. The van der Waals surface area contributed by atoms with Crippen molar-refractivity contribution in [2.45, 2.75) is 81.1 Å². The van der Waals surface area contributed by atoms with E-state index in [1.807, 2.05) is 117 Å². The third-order valence-corrected chi connectivity index (χ3v) is 23.7. The minimum Gasteiger partial charge on any atom is -0.455 e. The lowest BCUT2D eigenvalue weighted by Gasteiger charge is -2.10. The molecule has 0 amide bonds. The van der Waals surface area contributed by atoms with Gasteiger partial charge in [-0.3, -0.25) is 0 Å². The summed E-state index contributed by atoms with van der Waals surface area (Å²) < 4.78 is 132. The van der Waals surface area contributed by atoms with Crippen LogP contribution in [0.2, 0.25) is 0 Å². The standard InChI is InChI=1S/2C28H24F2NO.C26H20F2NO.C26H21FNO/c1-16(2)18-6-8-19(9-7-18)20-11-12-31(4)24(13-20)26-17(3)5-10-22-27-23(30)14-21(29)15-25(27)32-28(22)26;1-16(2)18-5-7-19(8-6-18)20-11-12-31(4)24(14-20)26-17(3)13-23(30)27-22-10-9-21(29)15-25(22)32-28(26)27;1-15-9-10-19-25-21(28)11-18(27)12-23(25)30-26(19)24(15)22-13-20(16(2)14-29(22)3)17-7-5-4-6-8-17;1-16-9-11-21-20-12-10-19(27)13-24(20)29-26(21)25(16)23-14-22(17(2)15-28(23)3)18-7-5-4-6-8-18/h2*5-16H,1-4H3;4-14H,1-3H3;4-15H,1-3H3/q4*+1. The number of furan rings is 4. The predicted molar refractivity (Wildman–Crippen MR) is 479 cm³/mol. The van der Waals surface area contributed by atoms with Crippen molar-refractivity contribution in [3.05, 3.63) is 359 Å². The molecule has 610 valence electrons. The van der Waals surface area contributed by atoms with E-state index in [1.54, 1.807) is 12.1 Å². The van der Waals surface area contributed by atoms with Crippen molar-refractivity contribution in [2.24, 2.45) is 28.2 Å². The van der Waals surface area contributed by atoms with Crippen LogP contribution >= 0.6 is 0 Å². The Bertz CT molecular complexity index is 7570. The molecule has 123 heavy (non-hydrogen) atoms. The van der Waals surface area contributed by atoms with Gasteiger partial charge in [-0.1, -0.05) is 173 Å². The first-order chi connectivity index (χ1) is 59.1. The Labute approximate surface area is 707 Å². The van der Waals surface area contributed by atoms with E-state index in [0.717, 1.165) is 135 Å². The molecule has 8 nitrogen and oxygen atoms in total. The number of hydrogen-bond donors (Lipinski definition) is 0. The van der Waals surface area contributed by atoms with E-state index in [-0.39, 0.29) is 22.8 Å². The Balaban J connectivity index is 0.000000116. The van der Waals surface area contributed by atoms with Gasteiger partial charge in [0.25, 0.3) is 0 Å². The Kier molecular flexibility index (Phi) is 21.7. The Morgan fingerprint density at radius 3 is 1.03 bits per heavy atom. The second kappa shape index (κ2) is 32.8. The average molecular weight is 1640 g/mol. The van der Waals surface area contributed by atoms with E-state index >= 15 is 0 Å². The molecule has 0 N–H and O–H groups in total. The normalized spacial score (nSPS) is 11.6. The molecule has 0 radical (unpaired) electrons. The summed E-state index contributed by atoms with van der Waals surface area (Å²) in [6, 6.07) is 77.0. The molecule has 20 rings (SSSR count). The number of aryl methyl sites for hydroxylation is 10. The van der Waals surface area contributed by atoms with E-state index in [0.29, 0.717) is 72.1 Å². The summed E-state index contributed by atoms with van der Waals surface area (Å²) in [5.41, 5.74) is 29.0. The predicted octanol–water partition coefficient (Wildman–Crippen LogP) is 28.0. The number of aromatic nitrogens is 4. The fraction of sp³-hybridized carbons (Fsp3) is 0.148. The summed E-state index contributed by atoms with van der Waals surface area (Å²) in [4.78, 5) is 0. The SMILES string of the molecule is Cc1c[n+](C)c(-c2c(C)ccc3c2oc2cc(F)cc(F)c23)cc1-c1ccccc1.Cc1c[n+](C)c(-c2c(C)ccc3c2oc2cc(F)ccc23)cc1-c1ccccc1.Cc1cc(F)c2c(oc3cc(F)ccc32)c1-c1cc(-c2ccc(C(C)C)cc2)cc[n+]1C.Cc1ccc2c(oc3cc(F)cc(F)c32)c1-c1cc(-c2ccc(C(C)C)cc2)cc[n+]1C. The Morgan fingerprint density at radius 1 is 0.252 bits per heavy atom. The number of hydrogen-bond acceptors (Lipinski definition) is 4. The van der Waals surface area contributed by atoms with E-state index in [9.17, 15) is 30.7 Å². The molecule has 0 saturated heterocycles. The van der Waals surface area contributed by atoms with Crippen LogP contribution in [-0.2, 0) is 28.2 Å². The van der Waals surface area contributed by atoms with Gasteiger partial charge in [0.05, 0.1) is 38.4 Å². The zero-order valence-electron chi connectivity index (χ0n) is 70.7. The summed E-state index contributed by atoms with van der Waals surface area (Å²) in [5, 5.41) is 4.80. The van der Waals surface area contributed by atoms with Crippen LogP contribution in [0.4, 0.5) is 30.7 Å². The molecule has 0 aliphatic rings. The first-order valence-electron chi connectivity index (χ1n) is 41.0. The van der Waals surface area contributed by atoms with Crippen LogP contribution in [0, 0.1) is 82.3 Å². The van der Waals surface area contributed by atoms with Crippen molar-refractivity contribution in [3.8, 4) is 89.5 Å². The molecule has 8 heterocycles. The molecule has 8 aromatic heterocycles. The fourth-order valence-corrected chi connectivity index (χ4v) is 17.2. The second-order valence-corrected chi connectivity index (χ2v) is 32.7. The molecule has 0 bridgehead atoms. The number of pyridine rings is 4. The van der Waals surface area contributed by atoms with Gasteiger partial charge in [-0.2, -0.15) is 0 Å². The molecule has 15 heteroatoms. The van der Waals surface area contributed by atoms with Crippen LogP contribution in [0.3, 0.4) is 0 Å². The van der Waals surface area contributed by atoms with Crippen molar-refractivity contribution in [2.75, 3.05) is 0 Å². The van der Waals surface area contributed by atoms with Gasteiger partial charge in [0, 0.05) is 111 Å². The lowest BCUT2D eigenvalue weighted by atomic mass is 9.96. The summed E-state index contributed by atoms with van der Waals surface area (Å²) in [6.07, 6.45) is 8.25. The molecule has 0 aliphatic carbocycles. The Hall–Kier alpha value is -14.1. The number of fused-ring (bicyclic) bond motifs is 12. The van der Waals surface area contributed by atoms with Gasteiger partial charge in [-0.05, 0) is 162 Å². The number of rotatable bonds is 10. The van der Waals surface area contributed by atoms with Gasteiger partial charge in [-0.15, -0.1) is 0 Å². The van der Waals surface area contributed by atoms with Crippen molar-refractivity contribution < 1.29 is 66.7 Å². The highest BCUT2D eigenvalue weighted by Gasteiger charge is 2.30. The molecule has 12 aromatic carbocycles. The topological polar surface area (TPSA) is 68.1 Å². The van der Waals surface area contributed by atoms with Crippen LogP contribution in [0.1, 0.15) is 84.0 Å². The zero-order valence-corrected chi connectivity index (χ0v) is 70.7. The van der Waals surface area contributed by atoms with Gasteiger partial charge in [-0.25, -0.2) is 49.0 Å². The van der Waals surface area contributed by atoms with Gasteiger partial charge in [0.2, 0.25) is 22.8 Å². The second-order valence-electron chi connectivity index (χ2n) is 32.7. The number of benzene rings is 12. The quantitative estimate of drug-likeness (QED) is 0.101. The van der Waals surface area contributed by atoms with E-state index in [2.05, 4.69) is 206 Å². The lowest BCUT2D eigenvalue weighted by Crippen LogP contribution is -2.31. The smallest absolute Gasteiger partial charge is 0.216 e. The molecule has 0 aliphatic heterocycles. The largest absolute Gasteiger partial charge is 0.455 e. The summed E-state index contributed by atoms with van der Waals surface area (Å²) in [5.74, 6) is -2.64. The lowest BCUT2D eigenvalue weighted by molar-refractivity contribution is -0.660. The maximum atomic E-state index is 15.0. The van der Waals surface area contributed by atoms with E-state index in [4.69, 9.17) is 17.7 Å². The molecule has 20 aromatic rings. The molecular formula is C108H89F7N4O4+4. The molecule has 0 unspecified atom stereocenters. The fourth-order valence-electron chi connectivity index (χ4n) is 17.2. The number of nitrogens with zero attached hydrogens (tertiary/aromatic N) is 4. The van der Waals surface area contributed by atoms with Crippen LogP contribution in [0.5, 0.6) is 0 Å². The van der Waals surface area contributed by atoms with Crippen LogP contribution in [0.25, 0.3) is 177 Å². The maximum absolute atomic E-state index is 15.0. The highest BCUT2D eigenvalue weighted by Crippen LogP contribution is 2.45. The van der Waals surface area contributed by atoms with Crippen molar-refractivity contribution >= 4 is 87.8 Å². The van der Waals surface area contributed by atoms with Gasteiger partial charge < -0.3 is 17.7 Å². The molecule has 0 saturated carbocycles. The zero-order chi connectivity index (χ0) is 86.2. The van der Waals surface area contributed by atoms with Crippen LogP contribution < -0.4 is 18.3 Å². The molecule has 0 spiro atoms. The average Bonchev–Trinajstić information content (AvgIpc) is 1.69. The summed E-state index contributed by atoms with van der Waals surface area (Å²) >= 11 is 0. The van der Waals surface area contributed by atoms with Crippen molar-refractivity contribution in [1.82, 2.24) is 0 Å². The maximum Gasteiger partial charge on any atom is 0.216 e. The first kappa shape index (κ1) is 81.3. The van der Waals surface area contributed by atoms with E-state index in [1.165, 1.54) is 70.3 Å². The molecule has 0 atom stereocenters. The third-order valence-electron chi connectivity index (χ3n) is 23.7. The van der Waals surface area contributed by atoms with E-state index < -0.39 is 29.1 Å². The van der Waals surface area contributed by atoms with Crippen molar-refractivity contribution in [3.63, 3.8) is 0 Å². The minimum absolute atomic E-state index is 0.215. The summed E-state index contributed by atoms with van der Waals surface area (Å²) in [7, 11) is 7.97. The highest BCUT2D eigenvalue weighted by molar-refractivity contribution is 6.13. The van der Waals surface area contributed by atoms with Gasteiger partial charge in [0.15, 0.2) is 30.4 Å². The monoisotopic (exact) mass is 1640 g/mol. The Morgan fingerprint density at radius 2 is 0.602 bits per heavy atom. The van der Waals surface area contributed by atoms with Crippen LogP contribution in [-0.4, -0.2) is 0 Å². The van der Waals surface area contributed by atoms with Gasteiger partial charge >= 0.3 is 0 Å². The molecule has 0 fully saturated rings.